The predicted octanol–water partition coefficient (Wildman–Crippen LogP) is 2.63. The molecule has 2 atom stereocenters. The Morgan fingerprint density at radius 3 is 1.26 bits per heavy atom. The number of benzene rings is 2. The molecule has 0 bridgehead atoms. The van der Waals surface area contributed by atoms with Gasteiger partial charge < -0.3 is 21.3 Å². The van der Waals surface area contributed by atoms with Crippen molar-refractivity contribution in [1.29, 1.82) is 0 Å². The highest BCUT2D eigenvalue weighted by atomic mass is 32.1. The Bertz CT molecular complexity index is 1430. The van der Waals surface area contributed by atoms with E-state index in [1.54, 1.807) is 27.7 Å². The van der Waals surface area contributed by atoms with Crippen molar-refractivity contribution in [2.45, 2.75) is 39.8 Å². The molecular formula is C31H37N9O4S2. The number of hydrazine groups is 2. The van der Waals surface area contributed by atoms with Crippen molar-refractivity contribution in [2.75, 3.05) is 10.6 Å². The molecule has 4 amide bonds. The van der Waals surface area contributed by atoms with E-state index in [0.717, 1.165) is 11.4 Å². The second-order valence-electron chi connectivity index (χ2n) is 10.7. The summed E-state index contributed by atoms with van der Waals surface area (Å²) in [6, 6.07) is 20.7. The van der Waals surface area contributed by atoms with Crippen LogP contribution in [0.15, 0.2) is 78.9 Å². The van der Waals surface area contributed by atoms with Crippen LogP contribution in [0.25, 0.3) is 0 Å². The van der Waals surface area contributed by atoms with Crippen molar-refractivity contribution in [3.8, 4) is 0 Å². The van der Waals surface area contributed by atoms with Crippen molar-refractivity contribution in [3.05, 3.63) is 90.3 Å². The number of hydrogen-bond donors (Lipinski definition) is 8. The molecular weight excluding hydrogens is 627 g/mol. The lowest BCUT2D eigenvalue weighted by Gasteiger charge is -2.23. The van der Waals surface area contributed by atoms with Gasteiger partial charge in [-0.25, -0.2) is 4.98 Å². The van der Waals surface area contributed by atoms with Gasteiger partial charge in [0.25, 0.3) is 23.6 Å². The molecule has 8 N–H and O–H groups in total. The third-order valence-corrected chi connectivity index (χ3v) is 6.76. The molecule has 0 unspecified atom stereocenters. The van der Waals surface area contributed by atoms with Crippen molar-refractivity contribution in [3.63, 3.8) is 0 Å². The van der Waals surface area contributed by atoms with Gasteiger partial charge in [-0.3, -0.25) is 40.9 Å². The summed E-state index contributed by atoms with van der Waals surface area (Å²) >= 11 is 10.4. The maximum Gasteiger partial charge on any atom is 0.270 e. The molecule has 1 heterocycles. The highest BCUT2D eigenvalue weighted by Crippen LogP contribution is 2.09. The first kappa shape index (κ1) is 35.3. The zero-order chi connectivity index (χ0) is 33.6. The normalized spacial score (nSPS) is 11.8. The lowest BCUT2D eigenvalue weighted by molar-refractivity contribution is -0.125. The van der Waals surface area contributed by atoms with Crippen molar-refractivity contribution in [2.24, 2.45) is 11.8 Å². The topological polar surface area (TPSA) is 177 Å². The Balaban J connectivity index is 1.57. The van der Waals surface area contributed by atoms with Crippen LogP contribution in [0.1, 0.15) is 48.7 Å². The molecule has 0 radical (unpaired) electrons. The van der Waals surface area contributed by atoms with Crippen LogP contribution in [0.3, 0.4) is 0 Å². The average molecular weight is 664 g/mol. The van der Waals surface area contributed by atoms with Crippen molar-refractivity contribution in [1.82, 2.24) is 37.3 Å². The van der Waals surface area contributed by atoms with Gasteiger partial charge in [0.2, 0.25) is 0 Å². The minimum Gasteiger partial charge on any atom is -0.339 e. The highest BCUT2D eigenvalue weighted by molar-refractivity contribution is 7.80. The Morgan fingerprint density at radius 2 is 0.913 bits per heavy atom. The monoisotopic (exact) mass is 663 g/mol. The fourth-order valence-electron chi connectivity index (χ4n) is 3.95. The number of para-hydroxylation sites is 2. The minimum absolute atomic E-state index is 0.0927. The standard InChI is InChI=1S/C31H37N9O4S2/c1-18(2)24(28(43)37-39-30(45)32-20-12-7-5-8-13-20)35-26(41)22-16-11-17-23(34-22)27(42)36-25(19(3)4)29(44)38-40-31(46)33-21-14-9-6-10-15-21/h5-19,24-25H,1-4H3,(H,35,41)(H,36,42)(H,37,43)(H,38,44)(H2,32,39,45)(H2,33,40,46)/t24-,25-/m0/s1. The summed E-state index contributed by atoms with van der Waals surface area (Å²) in [7, 11) is 0. The van der Waals surface area contributed by atoms with Gasteiger partial charge in [0.1, 0.15) is 23.5 Å². The van der Waals surface area contributed by atoms with Crippen molar-refractivity contribution >= 4 is 69.7 Å². The summed E-state index contributed by atoms with van der Waals surface area (Å²) in [5.41, 5.74) is 11.5. The summed E-state index contributed by atoms with van der Waals surface area (Å²) in [5.74, 6) is -3.02. The molecule has 0 saturated heterocycles. The molecule has 46 heavy (non-hydrogen) atoms. The molecule has 0 aliphatic rings. The summed E-state index contributed by atoms with van der Waals surface area (Å²) in [5, 5.41) is 11.5. The van der Waals surface area contributed by atoms with Gasteiger partial charge in [0, 0.05) is 11.4 Å². The smallest absolute Gasteiger partial charge is 0.270 e. The molecule has 1 aromatic heterocycles. The Hall–Kier alpha value is -5.15. The predicted molar refractivity (Wildman–Crippen MR) is 184 cm³/mol. The minimum atomic E-state index is -0.956. The number of rotatable bonds is 10. The van der Waals surface area contributed by atoms with E-state index in [1.807, 2.05) is 60.7 Å². The van der Waals surface area contributed by atoms with Crippen LogP contribution < -0.4 is 43.0 Å². The number of nitrogens with zero attached hydrogens (tertiary/aromatic N) is 1. The van der Waals surface area contributed by atoms with E-state index in [9.17, 15) is 19.2 Å². The van der Waals surface area contributed by atoms with Gasteiger partial charge in [0.15, 0.2) is 10.2 Å². The fourth-order valence-corrected chi connectivity index (χ4v) is 4.29. The number of pyridine rings is 1. The molecule has 0 saturated carbocycles. The fraction of sp³-hybridized carbons (Fsp3) is 0.258. The van der Waals surface area contributed by atoms with Crippen LogP contribution >= 0.6 is 24.4 Å². The first-order chi connectivity index (χ1) is 21.9. The van der Waals surface area contributed by atoms with E-state index in [2.05, 4.69) is 48.0 Å². The van der Waals surface area contributed by atoms with Gasteiger partial charge in [-0.15, -0.1) is 0 Å². The molecule has 2 aromatic carbocycles. The highest BCUT2D eigenvalue weighted by Gasteiger charge is 2.28. The maximum absolute atomic E-state index is 13.1. The van der Waals surface area contributed by atoms with Gasteiger partial charge in [-0.1, -0.05) is 70.2 Å². The van der Waals surface area contributed by atoms with Crippen LogP contribution in [0, 0.1) is 11.8 Å². The quantitative estimate of drug-likeness (QED) is 0.118. The first-order valence-corrected chi connectivity index (χ1v) is 15.2. The number of nitrogens with one attached hydrogen (secondary N) is 8. The molecule has 0 aliphatic carbocycles. The number of hydrogen-bond acceptors (Lipinski definition) is 7. The van der Waals surface area contributed by atoms with Gasteiger partial charge >= 0.3 is 0 Å². The third-order valence-electron chi connectivity index (χ3n) is 6.35. The molecule has 0 aliphatic heterocycles. The third kappa shape index (κ3) is 11.1. The molecule has 3 rings (SSSR count). The van der Waals surface area contributed by atoms with E-state index >= 15 is 0 Å². The van der Waals surface area contributed by atoms with E-state index in [4.69, 9.17) is 24.4 Å². The van der Waals surface area contributed by atoms with Gasteiger partial charge in [-0.05, 0) is 72.7 Å². The van der Waals surface area contributed by atoms with Crippen molar-refractivity contribution < 1.29 is 19.2 Å². The number of anilines is 2. The average Bonchev–Trinajstić information content (AvgIpc) is 3.04. The van der Waals surface area contributed by atoms with E-state index < -0.39 is 35.7 Å². The largest absolute Gasteiger partial charge is 0.339 e. The Morgan fingerprint density at radius 1 is 0.543 bits per heavy atom. The number of amides is 4. The van der Waals surface area contributed by atoms with Crippen LogP contribution in [0.2, 0.25) is 0 Å². The zero-order valence-corrected chi connectivity index (χ0v) is 27.3. The lowest BCUT2D eigenvalue weighted by Crippen LogP contribution is -2.55. The molecule has 0 fully saturated rings. The number of aromatic nitrogens is 1. The second kappa shape index (κ2) is 17.4. The summed E-state index contributed by atoms with van der Waals surface area (Å²) in [6.07, 6.45) is 0. The SMILES string of the molecule is CC(C)[C@H](NC(=O)c1cccc(C(=O)N[C@H](C(=O)NNC(=S)Nc2ccccc2)C(C)C)n1)C(=O)NNC(=S)Nc1ccccc1. The maximum atomic E-state index is 13.1. The van der Waals surface area contributed by atoms with Crippen LogP contribution in [0.5, 0.6) is 0 Å². The van der Waals surface area contributed by atoms with Crippen LogP contribution in [0.4, 0.5) is 11.4 Å². The number of carbonyl (C=O) groups excluding carboxylic acids is 4. The molecule has 0 spiro atoms. The number of carbonyl (C=O) groups is 4. The summed E-state index contributed by atoms with van der Waals surface area (Å²) in [4.78, 5) is 56.2. The first-order valence-electron chi connectivity index (χ1n) is 14.4. The Labute approximate surface area is 278 Å². The summed E-state index contributed by atoms with van der Waals surface area (Å²) in [6.45, 7) is 7.05. The summed E-state index contributed by atoms with van der Waals surface area (Å²) < 4.78 is 0. The van der Waals surface area contributed by atoms with E-state index in [-0.39, 0.29) is 33.4 Å². The van der Waals surface area contributed by atoms with E-state index in [1.165, 1.54) is 18.2 Å². The second-order valence-corrected chi connectivity index (χ2v) is 11.5. The lowest BCUT2D eigenvalue weighted by atomic mass is 10.0. The molecule has 15 heteroatoms. The van der Waals surface area contributed by atoms with Crippen LogP contribution in [-0.2, 0) is 9.59 Å². The van der Waals surface area contributed by atoms with E-state index in [0.29, 0.717) is 0 Å². The molecule has 242 valence electrons. The number of thiocarbonyl (C=S) groups is 2. The molecule has 3 aromatic rings. The molecule has 13 nitrogen and oxygen atoms in total. The van der Waals surface area contributed by atoms with Crippen LogP contribution in [-0.4, -0.2) is 50.9 Å². The zero-order valence-electron chi connectivity index (χ0n) is 25.7. The van der Waals surface area contributed by atoms with Gasteiger partial charge in [-0.2, -0.15) is 0 Å². The Kier molecular flexibility index (Phi) is 13.3. The van der Waals surface area contributed by atoms with Gasteiger partial charge in [0.05, 0.1) is 0 Å².